The topological polar surface area (TPSA) is 19.6 Å². The Hall–Kier alpha value is -3.46. The molecular formula is C27H22N2O. The molecule has 0 N–H and O–H groups in total. The number of anilines is 3. The first kappa shape index (κ1) is 16.3. The third-order valence-corrected chi connectivity index (χ3v) is 7.53. The maximum atomic E-state index is 6.53. The molecule has 3 heteroatoms. The van der Waals surface area contributed by atoms with Crippen molar-refractivity contribution >= 4 is 39.0 Å². The molecule has 3 nitrogen and oxygen atoms in total. The van der Waals surface area contributed by atoms with Crippen LogP contribution < -0.4 is 9.80 Å². The van der Waals surface area contributed by atoms with E-state index in [1.54, 1.807) is 0 Å². The number of nitrogens with zero attached hydrogens (tertiary/aromatic N) is 2. The number of hydrogen-bond acceptors (Lipinski definition) is 3. The molecule has 0 radical (unpaired) electrons. The highest BCUT2D eigenvalue weighted by molar-refractivity contribution is 6.11. The van der Waals surface area contributed by atoms with Gasteiger partial charge in [0.15, 0.2) is 5.58 Å². The van der Waals surface area contributed by atoms with Gasteiger partial charge < -0.3 is 14.2 Å². The van der Waals surface area contributed by atoms with Crippen molar-refractivity contribution in [2.24, 2.45) is 5.92 Å². The number of fused-ring (bicyclic) bond motifs is 12. The summed E-state index contributed by atoms with van der Waals surface area (Å²) in [5, 5.41) is 2.35. The second-order valence-electron chi connectivity index (χ2n) is 8.72. The van der Waals surface area contributed by atoms with Gasteiger partial charge in [-0.05, 0) is 30.2 Å². The Morgan fingerprint density at radius 3 is 2.67 bits per heavy atom. The second-order valence-corrected chi connectivity index (χ2v) is 8.72. The van der Waals surface area contributed by atoms with E-state index in [4.69, 9.17) is 4.42 Å². The average molecular weight is 390 g/mol. The maximum absolute atomic E-state index is 6.53. The Balaban J connectivity index is 1.65. The first-order chi connectivity index (χ1) is 14.7. The smallest absolute Gasteiger partial charge is 0.159 e. The third-order valence-electron chi connectivity index (χ3n) is 7.53. The van der Waals surface area contributed by atoms with Gasteiger partial charge in [0, 0.05) is 29.2 Å². The molecule has 0 saturated heterocycles. The molecular weight excluding hydrogens is 368 g/mol. The molecule has 0 bridgehead atoms. The van der Waals surface area contributed by atoms with Crippen LogP contribution in [0.15, 0.2) is 89.9 Å². The average Bonchev–Trinajstić information content (AvgIpc) is 3.46. The maximum Gasteiger partial charge on any atom is 0.159 e. The largest absolute Gasteiger partial charge is 0.454 e. The van der Waals surface area contributed by atoms with Crippen molar-refractivity contribution in [3.8, 4) is 0 Å². The molecule has 0 amide bonds. The summed E-state index contributed by atoms with van der Waals surface area (Å²) >= 11 is 0. The van der Waals surface area contributed by atoms with Gasteiger partial charge >= 0.3 is 0 Å². The van der Waals surface area contributed by atoms with E-state index in [0.717, 1.165) is 17.6 Å². The van der Waals surface area contributed by atoms with Crippen LogP contribution in [0.25, 0.3) is 21.9 Å². The van der Waals surface area contributed by atoms with Crippen molar-refractivity contribution in [3.05, 3.63) is 91.0 Å². The van der Waals surface area contributed by atoms with E-state index in [1.807, 2.05) is 6.07 Å². The lowest BCUT2D eigenvalue weighted by Gasteiger charge is -2.49. The van der Waals surface area contributed by atoms with Gasteiger partial charge in [0.2, 0.25) is 0 Å². The summed E-state index contributed by atoms with van der Waals surface area (Å²) in [4.78, 5) is 4.94. The van der Waals surface area contributed by atoms with Crippen LogP contribution in [-0.2, 0) is 5.41 Å². The van der Waals surface area contributed by atoms with Gasteiger partial charge in [0.1, 0.15) is 11.7 Å². The summed E-state index contributed by atoms with van der Waals surface area (Å²) < 4.78 is 6.53. The van der Waals surface area contributed by atoms with Crippen molar-refractivity contribution in [3.63, 3.8) is 0 Å². The molecule has 3 heterocycles. The Labute approximate surface area is 175 Å². The number of para-hydroxylation sites is 3. The molecule has 146 valence electrons. The molecule has 3 atom stereocenters. The van der Waals surface area contributed by atoms with Crippen LogP contribution in [0, 0.1) is 5.92 Å². The lowest BCUT2D eigenvalue weighted by Crippen LogP contribution is -2.54. The van der Waals surface area contributed by atoms with Crippen LogP contribution in [-0.4, -0.2) is 13.2 Å². The minimum atomic E-state index is -0.111. The highest BCUT2D eigenvalue weighted by atomic mass is 16.3. The Bertz CT molecular complexity index is 1400. The van der Waals surface area contributed by atoms with Crippen LogP contribution in [0.2, 0.25) is 0 Å². The first-order valence-corrected chi connectivity index (χ1v) is 10.6. The van der Waals surface area contributed by atoms with E-state index >= 15 is 0 Å². The highest BCUT2D eigenvalue weighted by Crippen LogP contribution is 2.61. The minimum absolute atomic E-state index is 0.111. The van der Waals surface area contributed by atoms with E-state index in [0.29, 0.717) is 5.92 Å². The zero-order valence-electron chi connectivity index (χ0n) is 16.9. The van der Waals surface area contributed by atoms with Crippen LogP contribution in [0.4, 0.5) is 17.1 Å². The SMILES string of the molecule is C=CC12CC=CC1C1N(C)c3ccccc3N1c1c2ccc2c1oc1ccccc12. The lowest BCUT2D eigenvalue weighted by atomic mass is 9.67. The minimum Gasteiger partial charge on any atom is -0.454 e. The molecule has 0 saturated carbocycles. The van der Waals surface area contributed by atoms with Crippen molar-refractivity contribution in [2.75, 3.05) is 16.8 Å². The predicted octanol–water partition coefficient (Wildman–Crippen LogP) is 6.51. The van der Waals surface area contributed by atoms with E-state index in [-0.39, 0.29) is 11.6 Å². The van der Waals surface area contributed by atoms with Gasteiger partial charge in [-0.15, -0.1) is 6.58 Å². The lowest BCUT2D eigenvalue weighted by molar-refractivity contribution is 0.343. The fraction of sp³-hybridized carbons (Fsp3) is 0.185. The predicted molar refractivity (Wildman–Crippen MR) is 124 cm³/mol. The van der Waals surface area contributed by atoms with E-state index in [9.17, 15) is 0 Å². The summed E-state index contributed by atoms with van der Waals surface area (Å²) in [6, 6.07) is 21.6. The second kappa shape index (κ2) is 5.37. The molecule has 0 fully saturated rings. The zero-order valence-corrected chi connectivity index (χ0v) is 16.9. The molecule has 4 aromatic rings. The molecule has 1 aliphatic carbocycles. The van der Waals surface area contributed by atoms with E-state index < -0.39 is 0 Å². The van der Waals surface area contributed by atoms with E-state index in [1.165, 1.54) is 33.4 Å². The van der Waals surface area contributed by atoms with Crippen molar-refractivity contribution in [1.82, 2.24) is 0 Å². The molecule has 30 heavy (non-hydrogen) atoms. The summed E-state index contributed by atoms with van der Waals surface area (Å²) in [6.45, 7) is 4.32. The van der Waals surface area contributed by atoms with Crippen molar-refractivity contribution in [1.29, 1.82) is 0 Å². The van der Waals surface area contributed by atoms with Crippen LogP contribution in [0.3, 0.4) is 0 Å². The van der Waals surface area contributed by atoms with E-state index in [2.05, 4.69) is 96.3 Å². The fourth-order valence-corrected chi connectivity index (χ4v) is 6.17. The molecule has 1 aromatic heterocycles. The number of rotatable bonds is 1. The normalized spacial score (nSPS) is 26.0. The monoisotopic (exact) mass is 390 g/mol. The van der Waals surface area contributed by atoms with Gasteiger partial charge in [-0.2, -0.15) is 0 Å². The van der Waals surface area contributed by atoms with Crippen LogP contribution in [0.5, 0.6) is 0 Å². The van der Waals surface area contributed by atoms with Gasteiger partial charge in [-0.25, -0.2) is 0 Å². The van der Waals surface area contributed by atoms with Gasteiger partial charge in [0.05, 0.1) is 17.1 Å². The van der Waals surface area contributed by atoms with Crippen LogP contribution in [0.1, 0.15) is 12.0 Å². The van der Waals surface area contributed by atoms with Gasteiger partial charge in [-0.1, -0.05) is 60.7 Å². The highest BCUT2D eigenvalue weighted by Gasteiger charge is 2.55. The van der Waals surface area contributed by atoms with Gasteiger partial charge in [0.25, 0.3) is 0 Å². The number of allylic oxidation sites excluding steroid dienone is 2. The van der Waals surface area contributed by atoms with Crippen LogP contribution >= 0.6 is 0 Å². The zero-order chi connectivity index (χ0) is 20.0. The third kappa shape index (κ3) is 1.70. The number of hydrogen-bond donors (Lipinski definition) is 0. The standard InChI is InChI=1S/C27H22N2O/c1-3-27-16-8-10-20(27)26-28(2)21-11-5-6-12-22(21)29(26)24-19(27)15-14-18-17-9-4-7-13-23(17)30-25(18)24/h3-15,20,26H,1,16H2,2H3. The molecule has 3 aliphatic rings. The van der Waals surface area contributed by atoms with Crippen molar-refractivity contribution in [2.45, 2.75) is 18.0 Å². The Morgan fingerprint density at radius 2 is 1.80 bits per heavy atom. The van der Waals surface area contributed by atoms with Gasteiger partial charge in [-0.3, -0.25) is 0 Å². The number of benzene rings is 3. The summed E-state index contributed by atoms with van der Waals surface area (Å²) in [6.07, 6.45) is 8.09. The molecule has 3 aromatic carbocycles. The molecule has 7 rings (SSSR count). The quantitative estimate of drug-likeness (QED) is 0.345. The first-order valence-electron chi connectivity index (χ1n) is 10.6. The Kier molecular flexibility index (Phi) is 2.92. The van der Waals surface area contributed by atoms with Crippen molar-refractivity contribution < 1.29 is 4.42 Å². The summed E-state index contributed by atoms with van der Waals surface area (Å²) in [7, 11) is 2.22. The summed E-state index contributed by atoms with van der Waals surface area (Å²) in [5.41, 5.74) is 6.85. The summed E-state index contributed by atoms with van der Waals surface area (Å²) in [5.74, 6) is 0.335. The number of furan rings is 1. The molecule has 3 unspecified atom stereocenters. The molecule has 2 aliphatic heterocycles. The molecule has 0 spiro atoms. The Morgan fingerprint density at radius 1 is 1.00 bits per heavy atom. The fourth-order valence-electron chi connectivity index (χ4n) is 6.17.